The molecule has 25 heavy (non-hydrogen) atoms. The van der Waals surface area contributed by atoms with E-state index in [2.05, 4.69) is 90.1 Å². The van der Waals surface area contributed by atoms with Gasteiger partial charge in [0.25, 0.3) is 0 Å². The first-order valence-electron chi connectivity index (χ1n) is 9.08. The van der Waals surface area contributed by atoms with Gasteiger partial charge in [0, 0.05) is 17.0 Å². The maximum atomic E-state index is 6.37. The lowest BCUT2D eigenvalue weighted by molar-refractivity contribution is 0.626. The number of hydrogen-bond acceptors (Lipinski definition) is 1. The van der Waals surface area contributed by atoms with Gasteiger partial charge in [-0.25, -0.2) is 0 Å². The van der Waals surface area contributed by atoms with E-state index in [9.17, 15) is 0 Å². The molecule has 130 valence electrons. The van der Waals surface area contributed by atoms with Gasteiger partial charge >= 0.3 is 0 Å². The van der Waals surface area contributed by atoms with Gasteiger partial charge < -0.3 is 5.73 Å². The van der Waals surface area contributed by atoms with Crippen molar-refractivity contribution in [2.24, 2.45) is 5.73 Å². The lowest BCUT2D eigenvalue weighted by Crippen LogP contribution is -2.16. The van der Waals surface area contributed by atoms with Crippen molar-refractivity contribution in [3.8, 4) is 0 Å². The fraction of sp³-hybridized carbons (Fsp3) is 0.333. The van der Waals surface area contributed by atoms with Crippen molar-refractivity contribution >= 4 is 5.70 Å². The van der Waals surface area contributed by atoms with E-state index in [1.54, 1.807) is 0 Å². The Morgan fingerprint density at radius 2 is 1.72 bits per heavy atom. The van der Waals surface area contributed by atoms with Gasteiger partial charge in [0.05, 0.1) is 0 Å². The highest BCUT2D eigenvalue weighted by Crippen LogP contribution is 2.50. The molecule has 1 unspecified atom stereocenters. The zero-order valence-electron chi connectivity index (χ0n) is 16.3. The minimum absolute atomic E-state index is 0.0424. The monoisotopic (exact) mass is 331 g/mol. The Hall–Kier alpha value is -2.28. The number of nitrogens with two attached hydrogens (primary N) is 1. The van der Waals surface area contributed by atoms with Crippen molar-refractivity contribution in [1.82, 2.24) is 0 Å². The first kappa shape index (κ1) is 17.5. The van der Waals surface area contributed by atoms with Crippen molar-refractivity contribution in [2.45, 2.75) is 52.9 Å². The summed E-state index contributed by atoms with van der Waals surface area (Å²) in [6.45, 7) is 13.4. The van der Waals surface area contributed by atoms with Crippen LogP contribution in [-0.4, -0.2) is 0 Å². The molecule has 1 nitrogen and oxygen atoms in total. The Labute approximate surface area is 152 Å². The zero-order chi connectivity index (χ0) is 18.4. The van der Waals surface area contributed by atoms with Gasteiger partial charge in [0.1, 0.15) is 0 Å². The fourth-order valence-corrected chi connectivity index (χ4v) is 4.00. The molecule has 0 saturated carbocycles. The van der Waals surface area contributed by atoms with Crippen LogP contribution >= 0.6 is 0 Å². The maximum Gasteiger partial charge on any atom is 0.0387 e. The molecule has 0 heterocycles. The van der Waals surface area contributed by atoms with Crippen LogP contribution < -0.4 is 5.73 Å². The van der Waals surface area contributed by atoms with Gasteiger partial charge in [-0.15, -0.1) is 0 Å². The van der Waals surface area contributed by atoms with Crippen molar-refractivity contribution in [3.63, 3.8) is 0 Å². The van der Waals surface area contributed by atoms with Crippen molar-refractivity contribution < 1.29 is 0 Å². The topological polar surface area (TPSA) is 26.0 Å². The quantitative estimate of drug-likeness (QED) is 0.725. The van der Waals surface area contributed by atoms with Crippen LogP contribution in [-0.2, 0) is 5.41 Å². The van der Waals surface area contributed by atoms with Crippen molar-refractivity contribution in [3.05, 3.63) is 87.5 Å². The SMILES string of the molecule is Cc1ccc2c(c1)C(C)(C)/C(=C/C=C(\N)c1ccc(C)c(C)c1)C2C. The fourth-order valence-electron chi connectivity index (χ4n) is 4.00. The van der Waals surface area contributed by atoms with E-state index in [4.69, 9.17) is 5.73 Å². The highest BCUT2D eigenvalue weighted by molar-refractivity contribution is 5.66. The Balaban J connectivity index is 2.00. The molecule has 1 aliphatic rings. The van der Waals surface area contributed by atoms with Gasteiger partial charge in [0.2, 0.25) is 0 Å². The highest BCUT2D eigenvalue weighted by Gasteiger charge is 2.38. The third-order valence-corrected chi connectivity index (χ3v) is 5.82. The minimum Gasteiger partial charge on any atom is -0.398 e. The molecular formula is C24H29N. The molecule has 3 rings (SSSR count). The number of fused-ring (bicyclic) bond motifs is 1. The summed E-state index contributed by atoms with van der Waals surface area (Å²) in [5.41, 5.74) is 16.6. The van der Waals surface area contributed by atoms with Gasteiger partial charge in [-0.3, -0.25) is 0 Å². The molecule has 0 amide bonds. The Morgan fingerprint density at radius 1 is 1.00 bits per heavy atom. The van der Waals surface area contributed by atoms with Gasteiger partial charge in [-0.2, -0.15) is 0 Å². The second-order valence-electron chi connectivity index (χ2n) is 7.98. The number of hydrogen-bond donors (Lipinski definition) is 1. The summed E-state index contributed by atoms with van der Waals surface area (Å²) in [6.07, 6.45) is 4.32. The van der Waals surface area contributed by atoms with E-state index in [0.29, 0.717) is 5.92 Å². The molecule has 0 aliphatic heterocycles. The smallest absolute Gasteiger partial charge is 0.0387 e. The number of allylic oxidation sites excluding steroid dienone is 3. The molecule has 0 aromatic heterocycles. The van der Waals surface area contributed by atoms with Crippen LogP contribution in [0.4, 0.5) is 0 Å². The molecule has 0 bridgehead atoms. The Kier molecular flexibility index (Phi) is 4.36. The van der Waals surface area contributed by atoms with Gasteiger partial charge in [0.15, 0.2) is 0 Å². The van der Waals surface area contributed by atoms with Crippen molar-refractivity contribution in [2.75, 3.05) is 0 Å². The van der Waals surface area contributed by atoms with Gasteiger partial charge in [-0.1, -0.05) is 68.3 Å². The van der Waals surface area contributed by atoms with E-state index >= 15 is 0 Å². The summed E-state index contributed by atoms with van der Waals surface area (Å²) in [7, 11) is 0. The molecule has 2 aromatic carbocycles. The molecule has 1 atom stereocenters. The average Bonchev–Trinajstić information content (AvgIpc) is 2.74. The molecule has 2 N–H and O–H groups in total. The second-order valence-corrected chi connectivity index (χ2v) is 7.98. The summed E-state index contributed by atoms with van der Waals surface area (Å²) < 4.78 is 0. The normalized spacial score (nSPS) is 20.8. The summed E-state index contributed by atoms with van der Waals surface area (Å²) in [6, 6.07) is 13.2. The first-order valence-corrected chi connectivity index (χ1v) is 9.08. The molecular weight excluding hydrogens is 302 g/mol. The number of aryl methyl sites for hydroxylation is 3. The molecule has 1 aliphatic carbocycles. The summed E-state index contributed by atoms with van der Waals surface area (Å²) >= 11 is 0. The van der Waals surface area contributed by atoms with Crippen LogP contribution in [0.1, 0.15) is 60.1 Å². The van der Waals surface area contributed by atoms with E-state index < -0.39 is 0 Å². The Bertz CT molecular complexity index is 881. The first-order chi connectivity index (χ1) is 11.7. The predicted octanol–water partition coefficient (Wildman–Crippen LogP) is 5.93. The minimum atomic E-state index is 0.0424. The second kappa shape index (κ2) is 6.22. The van der Waals surface area contributed by atoms with E-state index in [1.165, 1.54) is 33.4 Å². The van der Waals surface area contributed by atoms with E-state index in [1.807, 2.05) is 0 Å². The average molecular weight is 332 g/mol. The summed E-state index contributed by atoms with van der Waals surface area (Å²) in [5.74, 6) is 0.425. The Morgan fingerprint density at radius 3 is 2.40 bits per heavy atom. The standard InChI is InChI=1S/C24H29N/c1-15-7-10-20-18(4)21(24(5,6)22(20)13-15)11-12-23(25)19-9-8-16(2)17(3)14-19/h7-14,18H,25H2,1-6H3/b21-11+,23-12-. The van der Waals surface area contributed by atoms with Crippen LogP contribution in [0.3, 0.4) is 0 Å². The molecule has 1 heteroatoms. The zero-order valence-corrected chi connectivity index (χ0v) is 16.3. The molecule has 0 saturated heterocycles. The lowest BCUT2D eigenvalue weighted by atomic mass is 9.81. The third kappa shape index (κ3) is 3.04. The largest absolute Gasteiger partial charge is 0.398 e. The molecule has 0 radical (unpaired) electrons. The number of benzene rings is 2. The van der Waals surface area contributed by atoms with Crippen LogP contribution in [0.5, 0.6) is 0 Å². The summed E-state index contributed by atoms with van der Waals surface area (Å²) in [4.78, 5) is 0. The van der Waals surface area contributed by atoms with Crippen LogP contribution in [0.15, 0.2) is 54.1 Å². The van der Waals surface area contributed by atoms with Gasteiger partial charge in [-0.05, 0) is 60.7 Å². The van der Waals surface area contributed by atoms with Crippen LogP contribution in [0.2, 0.25) is 0 Å². The van der Waals surface area contributed by atoms with Crippen LogP contribution in [0, 0.1) is 20.8 Å². The van der Waals surface area contributed by atoms with Crippen molar-refractivity contribution in [1.29, 1.82) is 0 Å². The van der Waals surface area contributed by atoms with E-state index in [0.717, 1.165) is 11.3 Å². The molecule has 0 spiro atoms. The lowest BCUT2D eigenvalue weighted by Gasteiger charge is -2.23. The molecule has 2 aromatic rings. The maximum absolute atomic E-state index is 6.37. The van der Waals surface area contributed by atoms with E-state index in [-0.39, 0.29) is 5.41 Å². The predicted molar refractivity (Wildman–Crippen MR) is 109 cm³/mol. The third-order valence-electron chi connectivity index (χ3n) is 5.82. The highest BCUT2D eigenvalue weighted by atomic mass is 14.6. The van der Waals surface area contributed by atoms with Crippen LogP contribution in [0.25, 0.3) is 5.70 Å². The summed E-state index contributed by atoms with van der Waals surface area (Å²) in [5, 5.41) is 0. The molecule has 0 fully saturated rings. The number of rotatable bonds is 2.